The molecule has 1 amide bonds. The van der Waals surface area contributed by atoms with E-state index < -0.39 is 0 Å². The van der Waals surface area contributed by atoms with Gasteiger partial charge in [-0.25, -0.2) is 0 Å². The Labute approximate surface area is 294 Å². The van der Waals surface area contributed by atoms with E-state index in [4.69, 9.17) is 28.4 Å². The molecule has 4 aromatic rings. The average molecular weight is 683 g/mol. The van der Waals surface area contributed by atoms with Crippen molar-refractivity contribution in [1.29, 1.82) is 0 Å². The molecule has 0 unspecified atom stereocenters. The van der Waals surface area contributed by atoms with Crippen molar-refractivity contribution in [2.45, 2.75) is 44.8 Å². The maximum absolute atomic E-state index is 13.7. The highest BCUT2D eigenvalue weighted by Crippen LogP contribution is 2.42. The predicted molar refractivity (Wildman–Crippen MR) is 190 cm³/mol. The number of piperidine rings is 1. The van der Waals surface area contributed by atoms with E-state index in [0.717, 1.165) is 73.3 Å². The largest absolute Gasteiger partial charge is 0.493 e. The highest BCUT2D eigenvalue weighted by Gasteiger charge is 2.37. The Morgan fingerprint density at radius 1 is 0.700 bits per heavy atom. The van der Waals surface area contributed by atoms with Gasteiger partial charge in [-0.2, -0.15) is 0 Å². The molecule has 1 saturated carbocycles. The van der Waals surface area contributed by atoms with E-state index in [9.17, 15) is 4.79 Å². The highest BCUT2D eigenvalue weighted by atomic mass is 16.5. The summed E-state index contributed by atoms with van der Waals surface area (Å²) in [6.45, 7) is 3.10. The first kappa shape index (κ1) is 34.8. The number of likely N-dealkylation sites (tertiary alicyclic amines) is 1. The molecule has 3 heterocycles. The molecule has 1 aliphatic heterocycles. The summed E-state index contributed by atoms with van der Waals surface area (Å²) < 4.78 is 33.3. The summed E-state index contributed by atoms with van der Waals surface area (Å²) in [6, 6.07) is 14.1. The van der Waals surface area contributed by atoms with Gasteiger partial charge in [0.1, 0.15) is 0 Å². The summed E-state index contributed by atoms with van der Waals surface area (Å²) >= 11 is 0. The predicted octanol–water partition coefficient (Wildman–Crippen LogP) is 6.27. The molecule has 6 rings (SSSR count). The van der Waals surface area contributed by atoms with Crippen molar-refractivity contribution in [1.82, 2.24) is 19.8 Å². The lowest BCUT2D eigenvalue weighted by atomic mass is 10.00. The van der Waals surface area contributed by atoms with Crippen LogP contribution in [0.4, 0.5) is 0 Å². The summed E-state index contributed by atoms with van der Waals surface area (Å²) in [7, 11) is 9.62. The molecular weight excluding hydrogens is 636 g/mol. The maximum atomic E-state index is 13.7. The molecule has 11 heteroatoms. The van der Waals surface area contributed by atoms with Gasteiger partial charge in [0.2, 0.25) is 17.4 Å². The second-order valence-electron chi connectivity index (χ2n) is 12.7. The van der Waals surface area contributed by atoms with Gasteiger partial charge in [-0.05, 0) is 84.8 Å². The van der Waals surface area contributed by atoms with Crippen molar-refractivity contribution in [2.75, 3.05) is 55.7 Å². The lowest BCUT2D eigenvalue weighted by Gasteiger charge is -2.39. The lowest BCUT2D eigenvalue weighted by molar-refractivity contribution is -0.136. The van der Waals surface area contributed by atoms with Crippen LogP contribution in [0.2, 0.25) is 0 Å². The minimum absolute atomic E-state index is 0.129. The van der Waals surface area contributed by atoms with Gasteiger partial charge >= 0.3 is 0 Å². The third kappa shape index (κ3) is 7.57. The van der Waals surface area contributed by atoms with Gasteiger partial charge in [0, 0.05) is 67.9 Å². The SMILES string of the molecule is COc1cc(-c2cncc(CN(C(=O)C3CC3)C3CCN(Cc4ccnc(-c5cc(OC)c(OC)c(OC)c5)c4)CC3)c2)cc(OC)c1OC. The monoisotopic (exact) mass is 682 g/mol. The zero-order valence-electron chi connectivity index (χ0n) is 29.7. The molecule has 0 spiro atoms. The van der Waals surface area contributed by atoms with Crippen LogP contribution in [-0.2, 0) is 17.9 Å². The molecule has 2 fully saturated rings. The first-order valence-corrected chi connectivity index (χ1v) is 16.9. The Morgan fingerprint density at radius 2 is 1.28 bits per heavy atom. The van der Waals surface area contributed by atoms with Crippen LogP contribution in [0.1, 0.15) is 36.8 Å². The Bertz CT molecular complexity index is 1750. The number of carbonyl (C=O) groups excluding carboxylic acids is 1. The van der Waals surface area contributed by atoms with Crippen molar-refractivity contribution >= 4 is 5.91 Å². The zero-order chi connectivity index (χ0) is 35.2. The third-order valence-electron chi connectivity index (χ3n) is 9.54. The summed E-state index contributed by atoms with van der Waals surface area (Å²) in [4.78, 5) is 27.5. The Balaban J connectivity index is 1.15. The number of pyridine rings is 2. The molecule has 11 nitrogen and oxygen atoms in total. The Kier molecular flexibility index (Phi) is 10.9. The lowest BCUT2D eigenvalue weighted by Crippen LogP contribution is -2.47. The average Bonchev–Trinajstić information content (AvgIpc) is 4.02. The molecule has 1 aliphatic carbocycles. The van der Waals surface area contributed by atoms with Crippen molar-refractivity contribution in [3.05, 3.63) is 72.2 Å². The van der Waals surface area contributed by atoms with E-state index in [1.807, 2.05) is 42.9 Å². The number of carbonyl (C=O) groups is 1. The number of hydrogen-bond donors (Lipinski definition) is 0. The van der Waals surface area contributed by atoms with Gasteiger partial charge in [0.25, 0.3) is 0 Å². The van der Waals surface area contributed by atoms with E-state index in [0.29, 0.717) is 41.0 Å². The van der Waals surface area contributed by atoms with Gasteiger partial charge in [0.05, 0.1) is 48.4 Å². The Hall–Kier alpha value is -5.03. The molecule has 2 aromatic heterocycles. The van der Waals surface area contributed by atoms with Gasteiger partial charge in [0.15, 0.2) is 23.0 Å². The Morgan fingerprint density at radius 3 is 1.82 bits per heavy atom. The number of rotatable bonds is 14. The fourth-order valence-corrected chi connectivity index (χ4v) is 6.73. The van der Waals surface area contributed by atoms with Crippen molar-refractivity contribution in [3.63, 3.8) is 0 Å². The van der Waals surface area contributed by atoms with Crippen LogP contribution in [0.15, 0.2) is 61.1 Å². The van der Waals surface area contributed by atoms with E-state index in [2.05, 4.69) is 38.0 Å². The molecule has 0 bridgehead atoms. The molecule has 2 aromatic carbocycles. The van der Waals surface area contributed by atoms with Crippen LogP contribution in [0.5, 0.6) is 34.5 Å². The van der Waals surface area contributed by atoms with Crippen LogP contribution >= 0.6 is 0 Å². The molecule has 0 N–H and O–H groups in total. The van der Waals surface area contributed by atoms with Crippen LogP contribution in [0.3, 0.4) is 0 Å². The number of benzene rings is 2. The van der Waals surface area contributed by atoms with Crippen molar-refractivity contribution in [2.24, 2.45) is 5.92 Å². The van der Waals surface area contributed by atoms with Crippen LogP contribution < -0.4 is 28.4 Å². The number of methoxy groups -OCH3 is 6. The summed E-state index contributed by atoms with van der Waals surface area (Å²) in [5, 5.41) is 0. The van der Waals surface area contributed by atoms with E-state index in [-0.39, 0.29) is 17.9 Å². The van der Waals surface area contributed by atoms with E-state index >= 15 is 0 Å². The normalized spacial score (nSPS) is 14.9. The molecule has 0 radical (unpaired) electrons. The fraction of sp³-hybridized carbons (Fsp3) is 0.410. The number of amides is 1. The number of ether oxygens (including phenoxy) is 6. The zero-order valence-corrected chi connectivity index (χ0v) is 29.7. The first-order chi connectivity index (χ1) is 24.4. The van der Waals surface area contributed by atoms with Crippen LogP contribution in [0, 0.1) is 5.92 Å². The van der Waals surface area contributed by atoms with Crippen LogP contribution in [0.25, 0.3) is 22.4 Å². The quantitative estimate of drug-likeness (QED) is 0.151. The maximum Gasteiger partial charge on any atom is 0.226 e. The molecular formula is C39H46N4O7. The second kappa shape index (κ2) is 15.7. The molecule has 2 aliphatic rings. The van der Waals surface area contributed by atoms with E-state index in [1.54, 1.807) is 42.7 Å². The number of nitrogens with zero attached hydrogens (tertiary/aromatic N) is 4. The molecule has 264 valence electrons. The minimum atomic E-state index is 0.129. The molecule has 50 heavy (non-hydrogen) atoms. The highest BCUT2D eigenvalue weighted by molar-refractivity contribution is 5.81. The van der Waals surface area contributed by atoms with Crippen molar-refractivity contribution in [3.8, 4) is 56.9 Å². The molecule has 1 saturated heterocycles. The fourth-order valence-electron chi connectivity index (χ4n) is 6.73. The van der Waals surface area contributed by atoms with Gasteiger partial charge in [-0.3, -0.25) is 19.7 Å². The van der Waals surface area contributed by atoms with Gasteiger partial charge in [-0.15, -0.1) is 0 Å². The van der Waals surface area contributed by atoms with Crippen LogP contribution in [-0.4, -0.2) is 87.5 Å². The minimum Gasteiger partial charge on any atom is -0.493 e. The van der Waals surface area contributed by atoms with Gasteiger partial charge in [-0.1, -0.05) is 0 Å². The standard InChI is InChI=1S/C39H46N4O7/c1-45-33-17-28(18-34(46-2)37(33)49-5)30-15-26(21-40-22-30)24-43(39(44)27-7-8-27)31-10-13-42(14-11-31)23-25-9-12-41-32(16-25)29-19-35(47-3)38(50-6)36(20-29)48-4/h9,12,15-22,27,31H,7-8,10-11,13-14,23-24H2,1-6H3. The van der Waals surface area contributed by atoms with Gasteiger partial charge < -0.3 is 33.3 Å². The summed E-state index contributed by atoms with van der Waals surface area (Å²) in [5.41, 5.74) is 5.69. The van der Waals surface area contributed by atoms with E-state index in [1.165, 1.54) is 5.56 Å². The molecule has 0 atom stereocenters. The summed E-state index contributed by atoms with van der Waals surface area (Å²) in [5.74, 6) is 3.81. The second-order valence-corrected chi connectivity index (χ2v) is 12.7. The number of hydrogen-bond acceptors (Lipinski definition) is 10. The third-order valence-corrected chi connectivity index (χ3v) is 9.54. The number of aromatic nitrogens is 2. The first-order valence-electron chi connectivity index (χ1n) is 16.9. The summed E-state index contributed by atoms with van der Waals surface area (Å²) in [6.07, 6.45) is 9.27. The van der Waals surface area contributed by atoms with Crippen molar-refractivity contribution < 1.29 is 33.2 Å². The topological polar surface area (TPSA) is 105 Å². The smallest absolute Gasteiger partial charge is 0.226 e.